The molecule has 0 aliphatic carbocycles. The van der Waals surface area contributed by atoms with Crippen LogP contribution in [-0.4, -0.2) is 23.3 Å². The number of benzene rings is 2. The molecule has 3 rings (SSSR count). The molecule has 3 aromatic rings. The number of halogens is 1. The third kappa shape index (κ3) is 3.72. The summed E-state index contributed by atoms with van der Waals surface area (Å²) in [5, 5.41) is 6.09. The lowest BCUT2D eigenvalue weighted by molar-refractivity contribution is -0.115. The summed E-state index contributed by atoms with van der Waals surface area (Å²) in [6, 6.07) is 12.6. The van der Waals surface area contributed by atoms with E-state index in [2.05, 4.69) is 15.6 Å². The second kappa shape index (κ2) is 6.98. The van der Waals surface area contributed by atoms with E-state index in [-0.39, 0.29) is 12.5 Å². The number of hydrogen-bond acceptors (Lipinski definition) is 4. The highest BCUT2D eigenvalue weighted by Crippen LogP contribution is 2.26. The van der Waals surface area contributed by atoms with Gasteiger partial charge >= 0.3 is 0 Å². The normalized spacial score (nSPS) is 10.6. The molecule has 5 nitrogen and oxygen atoms in total. The smallest absolute Gasteiger partial charge is 0.253 e. The van der Waals surface area contributed by atoms with Crippen LogP contribution in [0.3, 0.4) is 0 Å². The number of aryl methyl sites for hydroxylation is 1. The topological polar surface area (TPSA) is 71.1 Å². The van der Waals surface area contributed by atoms with E-state index in [1.165, 1.54) is 11.3 Å². The number of nitrogens with one attached hydrogen (secondary N) is 2. The van der Waals surface area contributed by atoms with E-state index in [0.29, 0.717) is 15.7 Å². The van der Waals surface area contributed by atoms with Crippen LogP contribution in [0.1, 0.15) is 15.9 Å². The molecular weight excluding hydrogens is 346 g/mol. The van der Waals surface area contributed by atoms with Gasteiger partial charge in [0.25, 0.3) is 5.91 Å². The molecule has 0 spiro atoms. The van der Waals surface area contributed by atoms with Gasteiger partial charge in [0.2, 0.25) is 5.91 Å². The first kappa shape index (κ1) is 16.4. The highest BCUT2D eigenvalue weighted by Gasteiger charge is 2.12. The van der Waals surface area contributed by atoms with Gasteiger partial charge in [-0.1, -0.05) is 41.1 Å². The molecule has 1 heterocycles. The summed E-state index contributed by atoms with van der Waals surface area (Å²) in [6.45, 7) is 1.85. The first-order chi connectivity index (χ1) is 11.5. The average molecular weight is 360 g/mol. The number of amides is 2. The van der Waals surface area contributed by atoms with Crippen molar-refractivity contribution < 1.29 is 9.59 Å². The first-order valence-corrected chi connectivity index (χ1v) is 8.42. The van der Waals surface area contributed by atoms with Gasteiger partial charge in [0, 0.05) is 0 Å². The SMILES string of the molecule is Cc1ccc2nc(NC(=O)CNC(=O)c3ccccc3Cl)sc2c1. The number of hydrogen-bond donors (Lipinski definition) is 2. The lowest BCUT2D eigenvalue weighted by atomic mass is 10.2. The Hall–Kier alpha value is -2.44. The predicted octanol–water partition coefficient (Wildman–Crippen LogP) is 3.63. The summed E-state index contributed by atoms with van der Waals surface area (Å²) in [5.41, 5.74) is 2.31. The van der Waals surface area contributed by atoms with Crippen molar-refractivity contribution in [1.29, 1.82) is 0 Å². The second-order valence-electron chi connectivity index (χ2n) is 5.20. The standard InChI is InChI=1S/C17H14ClN3O2S/c1-10-6-7-13-14(8-10)24-17(20-13)21-15(22)9-19-16(23)11-4-2-3-5-12(11)18/h2-8H,9H2,1H3,(H,19,23)(H,20,21,22). The van der Waals surface area contributed by atoms with Crippen molar-refractivity contribution in [3.8, 4) is 0 Å². The van der Waals surface area contributed by atoms with Crippen LogP contribution in [0.15, 0.2) is 42.5 Å². The molecule has 0 fully saturated rings. The minimum atomic E-state index is -0.393. The molecule has 2 N–H and O–H groups in total. The van der Waals surface area contributed by atoms with E-state index in [1.54, 1.807) is 24.3 Å². The third-order valence-corrected chi connectivity index (χ3v) is 4.58. The minimum absolute atomic E-state index is 0.154. The maximum absolute atomic E-state index is 12.0. The summed E-state index contributed by atoms with van der Waals surface area (Å²) in [6.07, 6.45) is 0. The maximum atomic E-state index is 12.0. The second-order valence-corrected chi connectivity index (χ2v) is 6.64. The molecule has 0 atom stereocenters. The Balaban J connectivity index is 1.61. The summed E-state index contributed by atoms with van der Waals surface area (Å²) < 4.78 is 1.01. The van der Waals surface area contributed by atoms with Crippen LogP contribution in [0.4, 0.5) is 5.13 Å². The number of fused-ring (bicyclic) bond motifs is 1. The maximum Gasteiger partial charge on any atom is 0.253 e. The fourth-order valence-electron chi connectivity index (χ4n) is 2.15. The third-order valence-electron chi connectivity index (χ3n) is 3.32. The summed E-state index contributed by atoms with van der Waals surface area (Å²) in [7, 11) is 0. The molecule has 2 amide bonds. The molecule has 0 radical (unpaired) electrons. The zero-order chi connectivity index (χ0) is 17.1. The van der Waals surface area contributed by atoms with Crippen LogP contribution in [0, 0.1) is 6.92 Å². The van der Waals surface area contributed by atoms with Gasteiger partial charge in [-0.3, -0.25) is 9.59 Å². The van der Waals surface area contributed by atoms with Gasteiger partial charge in [0.15, 0.2) is 5.13 Å². The minimum Gasteiger partial charge on any atom is -0.343 e. The highest BCUT2D eigenvalue weighted by molar-refractivity contribution is 7.22. The molecule has 0 aliphatic heterocycles. The molecule has 1 aromatic heterocycles. The molecule has 0 aliphatic rings. The lowest BCUT2D eigenvalue weighted by Gasteiger charge is -2.06. The fourth-order valence-corrected chi connectivity index (χ4v) is 3.35. The zero-order valence-corrected chi connectivity index (χ0v) is 14.4. The van der Waals surface area contributed by atoms with Crippen LogP contribution in [0.2, 0.25) is 5.02 Å². The van der Waals surface area contributed by atoms with Crippen molar-refractivity contribution in [2.75, 3.05) is 11.9 Å². The van der Waals surface area contributed by atoms with Gasteiger partial charge in [-0.05, 0) is 36.8 Å². The molecule has 0 saturated heterocycles. The summed E-state index contributed by atoms with van der Waals surface area (Å²) in [5.74, 6) is -0.734. The fraction of sp³-hybridized carbons (Fsp3) is 0.118. The van der Waals surface area contributed by atoms with Crippen molar-refractivity contribution in [3.63, 3.8) is 0 Å². The van der Waals surface area contributed by atoms with E-state index >= 15 is 0 Å². The van der Waals surface area contributed by atoms with Crippen LogP contribution in [0.25, 0.3) is 10.2 Å². The number of thiazole rings is 1. The van der Waals surface area contributed by atoms with Gasteiger partial charge in [-0.15, -0.1) is 0 Å². The van der Waals surface area contributed by atoms with Gasteiger partial charge in [0.1, 0.15) is 0 Å². The Labute approximate surface area is 147 Å². The number of carbonyl (C=O) groups is 2. The molecule has 0 bridgehead atoms. The molecule has 0 saturated carbocycles. The van der Waals surface area contributed by atoms with E-state index < -0.39 is 5.91 Å². The molecule has 0 unspecified atom stereocenters. The van der Waals surface area contributed by atoms with E-state index in [1.807, 2.05) is 25.1 Å². The lowest BCUT2D eigenvalue weighted by Crippen LogP contribution is -2.32. The van der Waals surface area contributed by atoms with Crippen molar-refractivity contribution in [2.45, 2.75) is 6.92 Å². The van der Waals surface area contributed by atoms with Crippen LogP contribution in [-0.2, 0) is 4.79 Å². The first-order valence-electron chi connectivity index (χ1n) is 7.23. The Morgan fingerprint density at radius 3 is 2.79 bits per heavy atom. The Kier molecular flexibility index (Phi) is 4.78. The summed E-state index contributed by atoms with van der Waals surface area (Å²) in [4.78, 5) is 28.3. The Bertz CT molecular complexity index is 923. The van der Waals surface area contributed by atoms with Crippen molar-refractivity contribution >= 4 is 50.1 Å². The number of aromatic nitrogens is 1. The van der Waals surface area contributed by atoms with Gasteiger partial charge in [0.05, 0.1) is 27.3 Å². The number of anilines is 1. The van der Waals surface area contributed by atoms with Gasteiger partial charge in [-0.25, -0.2) is 4.98 Å². The molecule has 122 valence electrons. The monoisotopic (exact) mass is 359 g/mol. The molecule has 7 heteroatoms. The number of carbonyl (C=O) groups excluding carboxylic acids is 2. The van der Waals surface area contributed by atoms with E-state index in [9.17, 15) is 9.59 Å². The van der Waals surface area contributed by atoms with Crippen molar-refractivity contribution in [1.82, 2.24) is 10.3 Å². The van der Waals surface area contributed by atoms with Gasteiger partial charge < -0.3 is 10.6 Å². The molecule has 2 aromatic carbocycles. The molecule has 24 heavy (non-hydrogen) atoms. The zero-order valence-electron chi connectivity index (χ0n) is 12.8. The van der Waals surface area contributed by atoms with Crippen LogP contribution >= 0.6 is 22.9 Å². The number of nitrogens with zero attached hydrogens (tertiary/aromatic N) is 1. The average Bonchev–Trinajstić information content (AvgIpc) is 2.94. The van der Waals surface area contributed by atoms with Crippen LogP contribution < -0.4 is 10.6 Å². The summed E-state index contributed by atoms with van der Waals surface area (Å²) >= 11 is 7.35. The van der Waals surface area contributed by atoms with Crippen molar-refractivity contribution in [3.05, 3.63) is 58.6 Å². The van der Waals surface area contributed by atoms with Gasteiger partial charge in [-0.2, -0.15) is 0 Å². The Morgan fingerprint density at radius 2 is 2.00 bits per heavy atom. The van der Waals surface area contributed by atoms with E-state index in [0.717, 1.165) is 15.8 Å². The highest BCUT2D eigenvalue weighted by atomic mass is 35.5. The van der Waals surface area contributed by atoms with Crippen molar-refractivity contribution in [2.24, 2.45) is 0 Å². The largest absolute Gasteiger partial charge is 0.343 e. The Morgan fingerprint density at radius 1 is 1.21 bits per heavy atom. The quantitative estimate of drug-likeness (QED) is 0.747. The van der Waals surface area contributed by atoms with Crippen LogP contribution in [0.5, 0.6) is 0 Å². The molecular formula is C17H14ClN3O2S. The van der Waals surface area contributed by atoms with E-state index in [4.69, 9.17) is 11.6 Å². The number of rotatable bonds is 4. The predicted molar refractivity (Wildman–Crippen MR) is 96.8 cm³/mol.